The normalized spacial score (nSPS) is 28.1. The number of likely N-dealkylation sites (N-methyl/N-ethyl adjacent to an activating group) is 1. The van der Waals surface area contributed by atoms with Gasteiger partial charge in [-0.25, -0.2) is 14.3 Å². The minimum absolute atomic E-state index is 0.0545. The number of ketones is 1. The Morgan fingerprint density at radius 3 is 2.74 bits per heavy atom. The van der Waals surface area contributed by atoms with Gasteiger partial charge in [-0.15, -0.1) is 0 Å². The van der Waals surface area contributed by atoms with E-state index in [0.29, 0.717) is 30.9 Å². The minimum Gasteiger partial charge on any atom is -0.493 e. The maximum Gasteiger partial charge on any atom is 0.424 e. The first-order chi connectivity index (χ1) is 16.7. The molecule has 2 saturated carbocycles. The van der Waals surface area contributed by atoms with E-state index in [0.717, 1.165) is 17.7 Å². The van der Waals surface area contributed by atoms with Crippen molar-refractivity contribution in [2.24, 2.45) is 11.8 Å². The Morgan fingerprint density at radius 1 is 1.34 bits per heavy atom. The first kappa shape index (κ1) is 24.0. The highest BCUT2D eigenvalue weighted by Crippen LogP contribution is 2.60. The molecule has 35 heavy (non-hydrogen) atoms. The van der Waals surface area contributed by atoms with Crippen LogP contribution in [0, 0.1) is 11.8 Å². The van der Waals surface area contributed by atoms with Crippen molar-refractivity contribution in [1.29, 1.82) is 0 Å². The molecule has 0 radical (unpaired) electrons. The van der Waals surface area contributed by atoms with Crippen molar-refractivity contribution in [2.75, 3.05) is 20.7 Å². The van der Waals surface area contributed by atoms with Gasteiger partial charge >= 0.3 is 6.09 Å². The van der Waals surface area contributed by atoms with E-state index in [1.165, 1.54) is 36.1 Å². The predicted octanol–water partition coefficient (Wildman–Crippen LogP) is 3.58. The third-order valence-corrected chi connectivity index (χ3v) is 8.53. The molecule has 0 unspecified atom stereocenters. The molecule has 1 N–H and O–H groups in total. The van der Waals surface area contributed by atoms with Crippen molar-refractivity contribution in [2.45, 2.75) is 69.4 Å². The molecule has 3 atom stereocenters. The maximum absolute atomic E-state index is 13.0. The van der Waals surface area contributed by atoms with Crippen LogP contribution in [0.4, 0.5) is 4.79 Å². The molecule has 1 heterocycles. The number of hydrogen-bond donors (Lipinski definition) is 1. The van der Waals surface area contributed by atoms with E-state index in [2.05, 4.69) is 30.8 Å². The van der Waals surface area contributed by atoms with Gasteiger partial charge in [-0.2, -0.15) is 0 Å². The quantitative estimate of drug-likeness (QED) is 0.674. The number of methoxy groups -OCH3 is 1. The lowest BCUT2D eigenvalue weighted by atomic mass is 9.48. The number of aliphatic hydroxyl groups is 1. The lowest BCUT2D eigenvalue weighted by Gasteiger charge is -2.61. The van der Waals surface area contributed by atoms with Crippen LogP contribution in [0.15, 0.2) is 30.9 Å². The van der Waals surface area contributed by atoms with Crippen LogP contribution in [0.5, 0.6) is 11.5 Å². The molecule has 0 aliphatic heterocycles. The zero-order chi connectivity index (χ0) is 25.0. The SMILES string of the molecule is COc1c(OC(=O)n2ccnc2)ccc2c1[C@@]1(C(C)C)CC(=O)CC[C@@]1(O)[C@H](N(C)CC1CC1)C2. The van der Waals surface area contributed by atoms with Gasteiger partial charge in [-0.1, -0.05) is 19.9 Å². The Kier molecular flexibility index (Phi) is 6.00. The van der Waals surface area contributed by atoms with Crippen LogP contribution in [0.2, 0.25) is 0 Å². The molecular formula is C27H35N3O5. The number of carbonyl (C=O) groups is 2. The van der Waals surface area contributed by atoms with E-state index >= 15 is 0 Å². The monoisotopic (exact) mass is 481 g/mol. The number of benzene rings is 1. The summed E-state index contributed by atoms with van der Waals surface area (Å²) in [4.78, 5) is 31.9. The molecule has 0 saturated heterocycles. The van der Waals surface area contributed by atoms with Crippen LogP contribution < -0.4 is 9.47 Å². The van der Waals surface area contributed by atoms with E-state index < -0.39 is 17.1 Å². The standard InChI is InChI=1S/C27H35N3O5/c1-17(2)26-14-20(31)9-10-27(26,33)22(29(3)15-18-5-6-18)13-19-7-8-21(24(34-4)23(19)26)35-25(32)30-12-11-28-16-30/h7-8,11-12,16-18,22,33H,5-6,9-10,13-15H2,1-4H3/t22-,26+,27-/m1/s1. The fourth-order valence-corrected chi connectivity index (χ4v) is 6.66. The Morgan fingerprint density at radius 2 is 2.11 bits per heavy atom. The zero-order valence-electron chi connectivity index (χ0n) is 21.0. The van der Waals surface area contributed by atoms with Crippen LogP contribution >= 0.6 is 0 Å². The predicted molar refractivity (Wildman–Crippen MR) is 130 cm³/mol. The fourth-order valence-electron chi connectivity index (χ4n) is 6.66. The maximum atomic E-state index is 13.0. The molecule has 0 amide bonds. The summed E-state index contributed by atoms with van der Waals surface area (Å²) >= 11 is 0. The molecule has 1 aromatic heterocycles. The van der Waals surface area contributed by atoms with Crippen molar-refractivity contribution in [3.63, 3.8) is 0 Å². The number of Topliss-reactive ketones (excluding diaryl/α,β-unsaturated/α-hetero) is 1. The number of nitrogens with zero attached hydrogens (tertiary/aromatic N) is 3. The number of hydrogen-bond acceptors (Lipinski definition) is 7. The molecule has 0 bridgehead atoms. The highest BCUT2D eigenvalue weighted by atomic mass is 16.6. The largest absolute Gasteiger partial charge is 0.493 e. The number of rotatable bonds is 6. The van der Waals surface area contributed by atoms with E-state index in [1.54, 1.807) is 13.2 Å². The second-order valence-electron chi connectivity index (χ2n) is 10.8. The smallest absolute Gasteiger partial charge is 0.424 e. The van der Waals surface area contributed by atoms with E-state index in [1.807, 2.05) is 6.07 Å². The number of fused-ring (bicyclic) bond motifs is 3. The van der Waals surface area contributed by atoms with E-state index in [9.17, 15) is 14.7 Å². The summed E-state index contributed by atoms with van der Waals surface area (Å²) in [5.41, 5.74) is -0.143. The number of ether oxygens (including phenoxy) is 2. The molecule has 3 aliphatic rings. The summed E-state index contributed by atoms with van der Waals surface area (Å²) in [5.74, 6) is 1.46. The lowest BCUT2D eigenvalue weighted by molar-refractivity contribution is -0.161. The molecule has 8 nitrogen and oxygen atoms in total. The van der Waals surface area contributed by atoms with Gasteiger partial charge < -0.3 is 14.6 Å². The topological polar surface area (TPSA) is 93.9 Å². The summed E-state index contributed by atoms with van der Waals surface area (Å²) in [6.07, 6.45) is 7.91. The zero-order valence-corrected chi connectivity index (χ0v) is 21.0. The molecule has 188 valence electrons. The Hall–Kier alpha value is -2.71. The van der Waals surface area contributed by atoms with Crippen molar-refractivity contribution in [3.05, 3.63) is 42.0 Å². The highest BCUT2D eigenvalue weighted by Gasteiger charge is 2.64. The molecule has 2 fully saturated rings. The summed E-state index contributed by atoms with van der Waals surface area (Å²) in [5, 5.41) is 12.6. The van der Waals surface area contributed by atoms with Gasteiger partial charge in [-0.3, -0.25) is 9.69 Å². The van der Waals surface area contributed by atoms with Crippen LogP contribution in [0.25, 0.3) is 0 Å². The molecule has 5 rings (SSSR count). The Balaban J connectivity index is 1.66. The third kappa shape index (κ3) is 3.78. The molecule has 0 spiro atoms. The van der Waals surface area contributed by atoms with Crippen molar-refractivity contribution in [3.8, 4) is 11.5 Å². The van der Waals surface area contributed by atoms with Crippen LogP contribution in [0.1, 0.15) is 57.1 Å². The van der Waals surface area contributed by atoms with Gasteiger partial charge in [0.05, 0.1) is 12.7 Å². The number of imidazole rings is 1. The van der Waals surface area contributed by atoms with Crippen molar-refractivity contribution >= 4 is 11.9 Å². The molecule has 3 aliphatic carbocycles. The summed E-state index contributed by atoms with van der Waals surface area (Å²) in [7, 11) is 3.65. The first-order valence-corrected chi connectivity index (χ1v) is 12.6. The van der Waals surface area contributed by atoms with Crippen LogP contribution in [0.3, 0.4) is 0 Å². The van der Waals surface area contributed by atoms with Crippen molar-refractivity contribution < 1.29 is 24.2 Å². The van der Waals surface area contributed by atoms with Gasteiger partial charge in [0.2, 0.25) is 0 Å². The van der Waals surface area contributed by atoms with Gasteiger partial charge in [0, 0.05) is 48.8 Å². The average molecular weight is 482 g/mol. The summed E-state index contributed by atoms with van der Waals surface area (Å²) in [6, 6.07) is 3.61. The molecule has 8 heteroatoms. The minimum atomic E-state index is -1.12. The molecule has 2 aromatic rings. The average Bonchev–Trinajstić information content (AvgIpc) is 3.46. The highest BCUT2D eigenvalue weighted by molar-refractivity contribution is 5.83. The summed E-state index contributed by atoms with van der Waals surface area (Å²) < 4.78 is 12.9. The van der Waals surface area contributed by atoms with E-state index in [4.69, 9.17) is 9.47 Å². The van der Waals surface area contributed by atoms with Gasteiger partial charge in [-0.05, 0) is 56.2 Å². The Labute approximate surface area is 206 Å². The second-order valence-corrected chi connectivity index (χ2v) is 10.8. The number of carbonyl (C=O) groups excluding carboxylic acids is 2. The van der Waals surface area contributed by atoms with Gasteiger partial charge in [0.15, 0.2) is 11.5 Å². The van der Waals surface area contributed by atoms with Crippen LogP contribution in [-0.4, -0.2) is 63.8 Å². The number of aromatic nitrogens is 2. The summed E-state index contributed by atoms with van der Waals surface area (Å²) in [6.45, 7) is 5.09. The molecular weight excluding hydrogens is 446 g/mol. The lowest BCUT2D eigenvalue weighted by Crippen LogP contribution is -2.70. The van der Waals surface area contributed by atoms with Crippen LogP contribution in [-0.2, 0) is 16.6 Å². The first-order valence-electron chi connectivity index (χ1n) is 12.6. The fraction of sp³-hybridized carbons (Fsp3) is 0.593. The van der Waals surface area contributed by atoms with Gasteiger partial charge in [0.1, 0.15) is 12.1 Å². The second kappa shape index (κ2) is 8.75. The molecule has 1 aromatic carbocycles. The third-order valence-electron chi connectivity index (χ3n) is 8.53. The Bertz CT molecular complexity index is 1130. The van der Waals surface area contributed by atoms with E-state index in [-0.39, 0.29) is 29.9 Å². The van der Waals surface area contributed by atoms with Gasteiger partial charge in [0.25, 0.3) is 0 Å². The van der Waals surface area contributed by atoms with Crippen molar-refractivity contribution in [1.82, 2.24) is 14.5 Å².